The molecule has 23 heavy (non-hydrogen) atoms. The van der Waals surface area contributed by atoms with Crippen LogP contribution in [0.25, 0.3) is 6.08 Å². The number of ether oxygens (including phenoxy) is 1. The van der Waals surface area contributed by atoms with Gasteiger partial charge in [-0.1, -0.05) is 19.9 Å². The Labute approximate surface area is 137 Å². The Morgan fingerprint density at radius 3 is 2.74 bits per heavy atom. The van der Waals surface area contributed by atoms with Crippen LogP contribution >= 0.6 is 0 Å². The van der Waals surface area contributed by atoms with Crippen molar-refractivity contribution in [2.45, 2.75) is 33.2 Å². The lowest BCUT2D eigenvalue weighted by Gasteiger charge is -2.20. The lowest BCUT2D eigenvalue weighted by atomic mass is 10.0. The monoisotopic (exact) mass is 319 g/mol. The third-order valence-electron chi connectivity index (χ3n) is 2.97. The van der Waals surface area contributed by atoms with Gasteiger partial charge in [0.25, 0.3) is 0 Å². The van der Waals surface area contributed by atoms with Crippen LogP contribution in [-0.2, 0) is 9.53 Å². The summed E-state index contributed by atoms with van der Waals surface area (Å²) < 4.78 is 4.88. The molecule has 2 N–H and O–H groups in total. The first kappa shape index (κ1) is 18.7. The van der Waals surface area contributed by atoms with E-state index in [0.29, 0.717) is 24.8 Å². The number of amides is 2. The molecule has 0 aliphatic rings. The molecule has 0 aliphatic carbocycles. The Morgan fingerprint density at radius 1 is 1.35 bits per heavy atom. The normalized spacial score (nSPS) is 12.2. The van der Waals surface area contributed by atoms with Gasteiger partial charge in [-0.3, -0.25) is 9.78 Å². The molecule has 0 aliphatic heterocycles. The minimum Gasteiger partial charge on any atom is -0.450 e. The fourth-order valence-corrected chi connectivity index (χ4v) is 2.02. The third kappa shape index (κ3) is 8.60. The predicted octanol–water partition coefficient (Wildman–Crippen LogP) is 2.37. The molecule has 0 fully saturated rings. The van der Waals surface area contributed by atoms with Gasteiger partial charge in [0.05, 0.1) is 12.3 Å². The maximum absolute atomic E-state index is 11.8. The average Bonchev–Trinajstić information content (AvgIpc) is 2.51. The average molecular weight is 319 g/mol. The topological polar surface area (TPSA) is 80.3 Å². The number of rotatable bonds is 8. The molecule has 0 radical (unpaired) electrons. The second-order valence-corrected chi connectivity index (χ2v) is 5.52. The zero-order chi connectivity index (χ0) is 17.1. The van der Waals surface area contributed by atoms with Gasteiger partial charge in [0.1, 0.15) is 0 Å². The first-order valence-electron chi connectivity index (χ1n) is 7.81. The SMILES string of the molecule is CCOC(=O)NC(CNC(=O)C=Cc1ccccn1)CC(C)C. The van der Waals surface area contributed by atoms with Gasteiger partial charge in [-0.25, -0.2) is 4.79 Å². The molecule has 126 valence electrons. The van der Waals surface area contributed by atoms with Crippen LogP contribution in [0.5, 0.6) is 0 Å². The quantitative estimate of drug-likeness (QED) is 0.721. The number of aromatic nitrogens is 1. The van der Waals surface area contributed by atoms with Crippen molar-refractivity contribution in [3.8, 4) is 0 Å². The van der Waals surface area contributed by atoms with Gasteiger partial charge in [0.2, 0.25) is 5.91 Å². The summed E-state index contributed by atoms with van der Waals surface area (Å²) in [5, 5.41) is 5.55. The van der Waals surface area contributed by atoms with Crippen LogP contribution in [0.2, 0.25) is 0 Å². The van der Waals surface area contributed by atoms with E-state index >= 15 is 0 Å². The van der Waals surface area contributed by atoms with Crippen molar-refractivity contribution in [1.29, 1.82) is 0 Å². The van der Waals surface area contributed by atoms with Crippen molar-refractivity contribution in [2.75, 3.05) is 13.2 Å². The molecule has 0 saturated heterocycles. The molecule has 2 amide bonds. The van der Waals surface area contributed by atoms with E-state index in [-0.39, 0.29) is 11.9 Å². The van der Waals surface area contributed by atoms with E-state index in [1.54, 1.807) is 19.2 Å². The van der Waals surface area contributed by atoms with Crippen LogP contribution < -0.4 is 10.6 Å². The summed E-state index contributed by atoms with van der Waals surface area (Å²) in [6, 6.07) is 5.32. The third-order valence-corrected chi connectivity index (χ3v) is 2.97. The summed E-state index contributed by atoms with van der Waals surface area (Å²) in [5.41, 5.74) is 0.714. The highest BCUT2D eigenvalue weighted by atomic mass is 16.5. The van der Waals surface area contributed by atoms with Crippen molar-refractivity contribution in [1.82, 2.24) is 15.6 Å². The molecule has 1 atom stereocenters. The number of nitrogens with zero attached hydrogens (tertiary/aromatic N) is 1. The van der Waals surface area contributed by atoms with Crippen molar-refractivity contribution < 1.29 is 14.3 Å². The maximum Gasteiger partial charge on any atom is 0.407 e. The molecule has 1 aromatic rings. The largest absolute Gasteiger partial charge is 0.450 e. The summed E-state index contributed by atoms with van der Waals surface area (Å²) in [6.07, 6.45) is 5.03. The Kier molecular flexibility index (Phi) is 8.42. The second-order valence-electron chi connectivity index (χ2n) is 5.52. The Balaban J connectivity index is 2.47. The van der Waals surface area contributed by atoms with E-state index < -0.39 is 6.09 Å². The van der Waals surface area contributed by atoms with Gasteiger partial charge in [0.15, 0.2) is 0 Å². The molecule has 6 nitrogen and oxygen atoms in total. The number of nitrogens with one attached hydrogen (secondary N) is 2. The Bertz CT molecular complexity index is 515. The van der Waals surface area contributed by atoms with Gasteiger partial charge in [-0.05, 0) is 37.5 Å². The number of alkyl carbamates (subject to hydrolysis) is 1. The van der Waals surface area contributed by atoms with Gasteiger partial charge in [-0.15, -0.1) is 0 Å². The molecule has 0 bridgehead atoms. The van der Waals surface area contributed by atoms with Crippen molar-refractivity contribution in [2.24, 2.45) is 5.92 Å². The van der Waals surface area contributed by atoms with Crippen LogP contribution in [0.3, 0.4) is 0 Å². The minimum absolute atomic E-state index is 0.166. The summed E-state index contributed by atoms with van der Waals surface area (Å²) >= 11 is 0. The Hall–Kier alpha value is -2.37. The van der Waals surface area contributed by atoms with Gasteiger partial charge >= 0.3 is 6.09 Å². The lowest BCUT2D eigenvalue weighted by Crippen LogP contribution is -2.44. The lowest BCUT2D eigenvalue weighted by molar-refractivity contribution is -0.116. The molecule has 1 unspecified atom stereocenters. The first-order chi connectivity index (χ1) is 11.0. The molecule has 1 heterocycles. The van der Waals surface area contributed by atoms with Crippen molar-refractivity contribution >= 4 is 18.1 Å². The highest BCUT2D eigenvalue weighted by Gasteiger charge is 2.15. The molecule has 0 spiro atoms. The van der Waals surface area contributed by atoms with Gasteiger partial charge in [0, 0.05) is 24.9 Å². The highest BCUT2D eigenvalue weighted by Crippen LogP contribution is 2.04. The fourth-order valence-electron chi connectivity index (χ4n) is 2.02. The molecular weight excluding hydrogens is 294 g/mol. The van der Waals surface area contributed by atoms with E-state index in [1.165, 1.54) is 6.08 Å². The van der Waals surface area contributed by atoms with Crippen LogP contribution in [-0.4, -0.2) is 36.2 Å². The molecule has 1 aromatic heterocycles. The standard InChI is InChI=1S/C17H25N3O3/c1-4-23-17(22)20-15(11-13(2)3)12-19-16(21)9-8-14-7-5-6-10-18-14/h5-10,13,15H,4,11-12H2,1-3H3,(H,19,21)(H,20,22). The number of pyridine rings is 1. The van der Waals surface area contributed by atoms with E-state index in [9.17, 15) is 9.59 Å². The van der Waals surface area contributed by atoms with Crippen LogP contribution in [0, 0.1) is 5.92 Å². The summed E-state index contributed by atoms with van der Waals surface area (Å²) in [6.45, 7) is 6.54. The van der Waals surface area contributed by atoms with Gasteiger partial charge < -0.3 is 15.4 Å². The second kappa shape index (κ2) is 10.4. The van der Waals surface area contributed by atoms with E-state index in [0.717, 1.165) is 6.42 Å². The highest BCUT2D eigenvalue weighted by molar-refractivity contribution is 5.91. The first-order valence-corrected chi connectivity index (χ1v) is 7.81. The van der Waals surface area contributed by atoms with Gasteiger partial charge in [-0.2, -0.15) is 0 Å². The van der Waals surface area contributed by atoms with Crippen LogP contribution in [0.15, 0.2) is 30.5 Å². The summed E-state index contributed by atoms with van der Waals surface area (Å²) in [7, 11) is 0. The number of hydrogen-bond acceptors (Lipinski definition) is 4. The molecule has 0 saturated carbocycles. The predicted molar refractivity (Wildman–Crippen MR) is 89.7 cm³/mol. The van der Waals surface area contributed by atoms with Crippen LogP contribution in [0.1, 0.15) is 32.9 Å². The molecule has 0 aromatic carbocycles. The van der Waals surface area contributed by atoms with E-state index in [1.807, 2.05) is 18.2 Å². The zero-order valence-corrected chi connectivity index (χ0v) is 13.9. The summed E-state index contributed by atoms with van der Waals surface area (Å²) in [5.74, 6) is 0.165. The number of hydrogen-bond donors (Lipinski definition) is 2. The Morgan fingerprint density at radius 2 is 2.13 bits per heavy atom. The zero-order valence-electron chi connectivity index (χ0n) is 13.9. The van der Waals surface area contributed by atoms with E-state index in [2.05, 4.69) is 29.5 Å². The van der Waals surface area contributed by atoms with E-state index in [4.69, 9.17) is 4.74 Å². The van der Waals surface area contributed by atoms with Crippen molar-refractivity contribution in [3.05, 3.63) is 36.2 Å². The number of carbonyl (C=O) groups excluding carboxylic acids is 2. The summed E-state index contributed by atoms with van der Waals surface area (Å²) in [4.78, 5) is 27.5. The van der Waals surface area contributed by atoms with Crippen molar-refractivity contribution in [3.63, 3.8) is 0 Å². The fraction of sp³-hybridized carbons (Fsp3) is 0.471. The minimum atomic E-state index is -0.462. The molecular formula is C17H25N3O3. The van der Waals surface area contributed by atoms with Crippen LogP contribution in [0.4, 0.5) is 4.79 Å². The molecule has 1 rings (SSSR count). The smallest absolute Gasteiger partial charge is 0.407 e. The molecule has 6 heteroatoms. The maximum atomic E-state index is 11.8. The number of carbonyl (C=O) groups is 2.